The van der Waals surface area contributed by atoms with Crippen LogP contribution in [0.1, 0.15) is 17.4 Å². The number of aromatic nitrogens is 6. The zero-order valence-electron chi connectivity index (χ0n) is 19.6. The lowest BCUT2D eigenvalue weighted by Gasteiger charge is -2.13. The van der Waals surface area contributed by atoms with E-state index in [0.29, 0.717) is 22.7 Å². The Morgan fingerprint density at radius 3 is 2.76 bits per heavy atom. The summed E-state index contributed by atoms with van der Waals surface area (Å²) in [5.41, 5.74) is 3.15. The third kappa shape index (κ3) is 5.14. The van der Waals surface area contributed by atoms with Crippen LogP contribution in [0, 0.1) is 18.6 Å². The predicted molar refractivity (Wildman–Crippen MR) is 132 cm³/mol. The number of imidazole rings is 1. The Morgan fingerprint density at radius 2 is 1.95 bits per heavy atom. The number of benzene rings is 1. The molecule has 5 aromatic rings. The van der Waals surface area contributed by atoms with E-state index in [1.807, 2.05) is 17.5 Å². The molecule has 12 heteroatoms. The highest BCUT2D eigenvalue weighted by molar-refractivity contribution is 5.90. The first-order valence-electron chi connectivity index (χ1n) is 11.3. The molecule has 1 amide bonds. The summed E-state index contributed by atoms with van der Waals surface area (Å²) in [6.07, 6.45) is 9.18. The molecule has 1 aromatic carbocycles. The molecule has 0 saturated heterocycles. The van der Waals surface area contributed by atoms with Crippen molar-refractivity contribution in [3.05, 3.63) is 90.4 Å². The molecular weight excluding hydrogens is 482 g/mol. The molecule has 1 atom stereocenters. The maximum Gasteiger partial charge on any atom is 0.246 e. The summed E-state index contributed by atoms with van der Waals surface area (Å²) in [6.45, 7) is 1.86. The fraction of sp³-hybridized carbons (Fsp3) is 0.160. The van der Waals surface area contributed by atoms with Crippen LogP contribution >= 0.6 is 0 Å². The molecule has 0 saturated carbocycles. The summed E-state index contributed by atoms with van der Waals surface area (Å²) in [6, 6.07) is 7.05. The molecule has 0 aliphatic carbocycles. The van der Waals surface area contributed by atoms with E-state index < -0.39 is 23.6 Å². The molecule has 37 heavy (non-hydrogen) atoms. The Morgan fingerprint density at radius 1 is 1.14 bits per heavy atom. The molecule has 0 spiro atoms. The van der Waals surface area contributed by atoms with Gasteiger partial charge in [-0.25, -0.2) is 18.7 Å². The van der Waals surface area contributed by atoms with Gasteiger partial charge in [-0.2, -0.15) is 5.10 Å². The average Bonchev–Trinajstić information content (AvgIpc) is 3.52. The van der Waals surface area contributed by atoms with Crippen molar-refractivity contribution in [1.29, 1.82) is 0 Å². The van der Waals surface area contributed by atoms with Crippen LogP contribution in [0.3, 0.4) is 0 Å². The van der Waals surface area contributed by atoms with Gasteiger partial charge in [-0.15, -0.1) is 0 Å². The van der Waals surface area contributed by atoms with E-state index in [2.05, 4.69) is 30.7 Å². The van der Waals surface area contributed by atoms with E-state index >= 15 is 0 Å². The second kappa shape index (κ2) is 10.1. The molecule has 0 aliphatic rings. The number of nitrogens with zero attached hydrogens (tertiary/aromatic N) is 6. The van der Waals surface area contributed by atoms with Gasteiger partial charge in [0.15, 0.2) is 23.1 Å². The lowest BCUT2D eigenvalue weighted by molar-refractivity contribution is -0.116. The van der Waals surface area contributed by atoms with Gasteiger partial charge < -0.3 is 15.7 Å². The number of amides is 1. The van der Waals surface area contributed by atoms with E-state index in [-0.39, 0.29) is 18.8 Å². The minimum absolute atomic E-state index is 0.201. The maximum atomic E-state index is 13.8. The number of aliphatic hydroxyl groups is 1. The third-order valence-electron chi connectivity index (χ3n) is 5.63. The molecule has 4 aromatic heterocycles. The van der Waals surface area contributed by atoms with Crippen LogP contribution in [-0.4, -0.2) is 46.7 Å². The summed E-state index contributed by atoms with van der Waals surface area (Å²) in [5, 5.41) is 20.2. The predicted octanol–water partition coefficient (Wildman–Crippen LogP) is 3.36. The van der Waals surface area contributed by atoms with Crippen molar-refractivity contribution in [2.45, 2.75) is 19.6 Å². The molecule has 0 aliphatic heterocycles. The van der Waals surface area contributed by atoms with Gasteiger partial charge in [0, 0.05) is 36.9 Å². The zero-order chi connectivity index (χ0) is 25.9. The maximum absolute atomic E-state index is 13.8. The number of rotatable bonds is 8. The lowest BCUT2D eigenvalue weighted by atomic mass is 10.1. The number of aryl methyl sites for hydroxylation is 1. The molecule has 10 nitrogen and oxygen atoms in total. The molecule has 0 bridgehead atoms. The SMILES string of the molecule is Cc1cn2c(-c3cnn(CC(=O)Nc4cccc(F)c4F)c3)cnc2c(NCC(O)c2ccncc2)n1. The number of anilines is 2. The number of hydrogen-bond donors (Lipinski definition) is 3. The molecule has 4 heterocycles. The monoisotopic (exact) mass is 504 g/mol. The Hall–Kier alpha value is -4.71. The first kappa shape index (κ1) is 24.0. The zero-order valence-corrected chi connectivity index (χ0v) is 19.6. The van der Waals surface area contributed by atoms with Crippen LogP contribution in [0.2, 0.25) is 0 Å². The summed E-state index contributed by atoms with van der Waals surface area (Å²) >= 11 is 0. The molecule has 0 fully saturated rings. The van der Waals surface area contributed by atoms with E-state index in [4.69, 9.17) is 0 Å². The van der Waals surface area contributed by atoms with Crippen molar-refractivity contribution < 1.29 is 18.7 Å². The second-order valence-electron chi connectivity index (χ2n) is 8.32. The van der Waals surface area contributed by atoms with Gasteiger partial charge in [0.1, 0.15) is 6.54 Å². The second-order valence-corrected chi connectivity index (χ2v) is 8.32. The minimum Gasteiger partial charge on any atom is -0.387 e. The van der Waals surface area contributed by atoms with Gasteiger partial charge >= 0.3 is 0 Å². The van der Waals surface area contributed by atoms with Gasteiger partial charge in [-0.3, -0.25) is 18.9 Å². The van der Waals surface area contributed by atoms with Crippen LogP contribution in [-0.2, 0) is 11.3 Å². The standard InChI is InChI=1S/C25H22F2N8O2/c1-15-12-35-20(10-30-25(35)24(32-15)29-11-21(36)16-5-7-28-8-6-16)17-9-31-34(13-17)14-22(37)33-19-4-2-3-18(26)23(19)27/h2-10,12-13,21,36H,11,14H2,1H3,(H,29,32)(H,33,37). The van der Waals surface area contributed by atoms with Gasteiger partial charge in [0.2, 0.25) is 5.91 Å². The van der Waals surface area contributed by atoms with Crippen LogP contribution in [0.4, 0.5) is 20.3 Å². The van der Waals surface area contributed by atoms with Crippen molar-refractivity contribution in [2.24, 2.45) is 0 Å². The molecule has 0 radical (unpaired) electrons. The fourth-order valence-corrected chi connectivity index (χ4v) is 3.86. The van der Waals surface area contributed by atoms with Crippen molar-refractivity contribution in [1.82, 2.24) is 29.1 Å². The largest absolute Gasteiger partial charge is 0.387 e. The summed E-state index contributed by atoms with van der Waals surface area (Å²) < 4.78 is 30.5. The molecule has 5 rings (SSSR count). The van der Waals surface area contributed by atoms with Crippen LogP contribution in [0.15, 0.2) is 67.5 Å². The van der Waals surface area contributed by atoms with Crippen LogP contribution < -0.4 is 10.6 Å². The number of pyridine rings is 1. The minimum atomic E-state index is -1.12. The molecular formula is C25H22F2N8O2. The highest BCUT2D eigenvalue weighted by Gasteiger charge is 2.16. The highest BCUT2D eigenvalue weighted by atomic mass is 19.2. The van der Waals surface area contributed by atoms with Gasteiger partial charge in [0.25, 0.3) is 0 Å². The van der Waals surface area contributed by atoms with Crippen molar-refractivity contribution in [3.63, 3.8) is 0 Å². The third-order valence-corrected chi connectivity index (χ3v) is 5.63. The smallest absolute Gasteiger partial charge is 0.246 e. The average molecular weight is 505 g/mol. The van der Waals surface area contributed by atoms with Crippen LogP contribution in [0.5, 0.6) is 0 Å². The number of aliphatic hydroxyl groups excluding tert-OH is 1. The van der Waals surface area contributed by atoms with E-state index in [0.717, 1.165) is 17.3 Å². The number of fused-ring (bicyclic) bond motifs is 1. The van der Waals surface area contributed by atoms with Crippen molar-refractivity contribution >= 4 is 23.1 Å². The first-order valence-corrected chi connectivity index (χ1v) is 11.3. The lowest BCUT2D eigenvalue weighted by Crippen LogP contribution is -2.19. The topological polar surface area (TPSA) is 122 Å². The van der Waals surface area contributed by atoms with E-state index in [1.165, 1.54) is 16.8 Å². The number of carbonyl (C=O) groups excluding carboxylic acids is 1. The summed E-state index contributed by atoms with van der Waals surface area (Å²) in [4.78, 5) is 25.3. The Labute approximate surface area is 209 Å². The Balaban J connectivity index is 1.32. The van der Waals surface area contributed by atoms with Crippen molar-refractivity contribution in [2.75, 3.05) is 17.2 Å². The molecule has 3 N–H and O–H groups in total. The quantitative estimate of drug-likeness (QED) is 0.296. The van der Waals surface area contributed by atoms with Gasteiger partial charge in [-0.05, 0) is 36.8 Å². The fourth-order valence-electron chi connectivity index (χ4n) is 3.86. The summed E-state index contributed by atoms with van der Waals surface area (Å²) in [5.74, 6) is -2.22. The van der Waals surface area contributed by atoms with Crippen LogP contribution in [0.25, 0.3) is 16.9 Å². The molecule has 1 unspecified atom stereocenters. The number of halogens is 2. The number of carbonyl (C=O) groups is 1. The van der Waals surface area contributed by atoms with Gasteiger partial charge in [-0.1, -0.05) is 6.07 Å². The van der Waals surface area contributed by atoms with Gasteiger partial charge in [0.05, 0.1) is 35.6 Å². The summed E-state index contributed by atoms with van der Waals surface area (Å²) in [7, 11) is 0. The highest BCUT2D eigenvalue weighted by Crippen LogP contribution is 2.25. The van der Waals surface area contributed by atoms with Crippen molar-refractivity contribution in [3.8, 4) is 11.3 Å². The van der Waals surface area contributed by atoms with E-state index in [1.54, 1.807) is 43.1 Å². The molecule has 188 valence electrons. The number of nitrogens with one attached hydrogen (secondary N) is 2. The number of hydrogen-bond acceptors (Lipinski definition) is 7. The van der Waals surface area contributed by atoms with E-state index in [9.17, 15) is 18.7 Å². The normalized spacial score (nSPS) is 12.0. The Kier molecular flexibility index (Phi) is 6.56. The first-order chi connectivity index (χ1) is 17.9. The Bertz CT molecular complexity index is 1570.